The molecule has 0 saturated carbocycles. The molecule has 2 aromatic rings. The number of amides is 3. The molecule has 184 valence electrons. The lowest BCUT2D eigenvalue weighted by Crippen LogP contribution is -2.49. The Morgan fingerprint density at radius 3 is 2.34 bits per heavy atom. The van der Waals surface area contributed by atoms with E-state index >= 15 is 0 Å². The molecule has 1 spiro atoms. The highest BCUT2D eigenvalue weighted by Gasteiger charge is 2.51. The second-order valence-electron chi connectivity index (χ2n) is 9.12. The van der Waals surface area contributed by atoms with Gasteiger partial charge in [-0.25, -0.2) is 0 Å². The van der Waals surface area contributed by atoms with Crippen LogP contribution in [-0.2, 0) is 21.2 Å². The minimum Gasteiger partial charge on any atom is -0.345 e. The van der Waals surface area contributed by atoms with Crippen molar-refractivity contribution in [3.63, 3.8) is 0 Å². The lowest BCUT2D eigenvalue weighted by atomic mass is 9.73. The van der Waals surface area contributed by atoms with Gasteiger partial charge in [0.1, 0.15) is 0 Å². The first kappa shape index (κ1) is 24.5. The van der Waals surface area contributed by atoms with Crippen LogP contribution < -0.4 is 4.90 Å². The van der Waals surface area contributed by atoms with E-state index in [4.69, 9.17) is 0 Å². The van der Waals surface area contributed by atoms with Crippen LogP contribution in [-0.4, -0.2) is 61.8 Å². The molecule has 1 saturated heterocycles. The second-order valence-corrected chi connectivity index (χ2v) is 9.12. The van der Waals surface area contributed by atoms with Crippen molar-refractivity contribution >= 4 is 29.5 Å². The van der Waals surface area contributed by atoms with E-state index in [1.807, 2.05) is 0 Å². The number of halogens is 3. The monoisotopic (exact) mass is 485 g/mol. The molecule has 0 aromatic heterocycles. The lowest BCUT2D eigenvalue weighted by molar-refractivity contribution is -0.137. The van der Waals surface area contributed by atoms with Crippen LogP contribution in [0.25, 0.3) is 6.08 Å². The summed E-state index contributed by atoms with van der Waals surface area (Å²) < 4.78 is 39.7. The summed E-state index contributed by atoms with van der Waals surface area (Å²) in [6.45, 7) is 0.546. The highest BCUT2D eigenvalue weighted by Crippen LogP contribution is 2.48. The van der Waals surface area contributed by atoms with Gasteiger partial charge in [0.2, 0.25) is 11.8 Å². The van der Waals surface area contributed by atoms with Gasteiger partial charge in [-0.05, 0) is 54.3 Å². The average Bonchev–Trinajstić information content (AvgIpc) is 3.03. The van der Waals surface area contributed by atoms with E-state index in [1.165, 1.54) is 34.1 Å². The molecule has 4 rings (SSSR count). The van der Waals surface area contributed by atoms with Crippen molar-refractivity contribution in [3.8, 4) is 0 Å². The molecule has 2 heterocycles. The Balaban J connectivity index is 1.54. The Hall–Kier alpha value is -3.62. The molecule has 35 heavy (non-hydrogen) atoms. The van der Waals surface area contributed by atoms with Crippen molar-refractivity contribution < 1.29 is 27.6 Å². The van der Waals surface area contributed by atoms with Crippen LogP contribution in [0.5, 0.6) is 0 Å². The van der Waals surface area contributed by atoms with Crippen LogP contribution in [0, 0.1) is 0 Å². The van der Waals surface area contributed by atoms with Gasteiger partial charge in [0.15, 0.2) is 0 Å². The molecule has 2 aliphatic rings. The smallest absolute Gasteiger partial charge is 0.345 e. The predicted octanol–water partition coefficient (Wildman–Crippen LogP) is 3.96. The summed E-state index contributed by atoms with van der Waals surface area (Å²) in [5, 5.41) is 0. The normalized spacial score (nSPS) is 17.3. The van der Waals surface area contributed by atoms with Crippen LogP contribution in [0.3, 0.4) is 0 Å². The molecule has 3 amide bonds. The SMILES string of the molecule is CN(C)C(=O)c1ccc2c(c1)C1(CCN(C(=O)/C=C/c3ccccc3C(F)(F)F)CC1)C(=O)N2C. The molecule has 6 nitrogen and oxygen atoms in total. The molecule has 0 radical (unpaired) electrons. The van der Waals surface area contributed by atoms with Crippen molar-refractivity contribution in [1.29, 1.82) is 0 Å². The molecule has 2 aliphatic heterocycles. The number of fused-ring (bicyclic) bond motifs is 2. The van der Waals surface area contributed by atoms with E-state index in [1.54, 1.807) is 44.2 Å². The molecular formula is C26H26F3N3O3. The highest BCUT2D eigenvalue weighted by atomic mass is 19.4. The van der Waals surface area contributed by atoms with E-state index < -0.39 is 23.1 Å². The zero-order chi connectivity index (χ0) is 25.5. The fourth-order valence-corrected chi connectivity index (χ4v) is 4.91. The number of hydrogen-bond donors (Lipinski definition) is 0. The van der Waals surface area contributed by atoms with Crippen molar-refractivity contribution in [2.75, 3.05) is 39.1 Å². The third kappa shape index (κ3) is 4.31. The number of alkyl halides is 3. The summed E-state index contributed by atoms with van der Waals surface area (Å²) >= 11 is 0. The van der Waals surface area contributed by atoms with E-state index in [9.17, 15) is 27.6 Å². The third-order valence-electron chi connectivity index (χ3n) is 6.84. The van der Waals surface area contributed by atoms with Gasteiger partial charge in [-0.3, -0.25) is 14.4 Å². The summed E-state index contributed by atoms with van der Waals surface area (Å²) in [6.07, 6.45) is -1.47. The van der Waals surface area contributed by atoms with Gasteiger partial charge in [-0.2, -0.15) is 13.2 Å². The summed E-state index contributed by atoms with van der Waals surface area (Å²) in [6, 6.07) is 10.3. The number of likely N-dealkylation sites (N-methyl/N-ethyl adjacent to an activating group) is 1. The van der Waals surface area contributed by atoms with Crippen LogP contribution in [0.1, 0.15) is 39.9 Å². The van der Waals surface area contributed by atoms with Crippen molar-refractivity contribution in [1.82, 2.24) is 9.80 Å². The zero-order valence-electron chi connectivity index (χ0n) is 19.7. The Morgan fingerprint density at radius 1 is 1.06 bits per heavy atom. The number of likely N-dealkylation sites (tertiary alicyclic amines) is 1. The average molecular weight is 486 g/mol. The largest absolute Gasteiger partial charge is 0.416 e. The maximum atomic E-state index is 13.3. The number of benzene rings is 2. The van der Waals surface area contributed by atoms with Gasteiger partial charge in [0, 0.05) is 51.6 Å². The van der Waals surface area contributed by atoms with E-state index in [-0.39, 0.29) is 30.5 Å². The second kappa shape index (κ2) is 8.87. The zero-order valence-corrected chi connectivity index (χ0v) is 19.7. The Morgan fingerprint density at radius 2 is 1.71 bits per heavy atom. The molecule has 9 heteroatoms. The number of nitrogens with zero attached hydrogens (tertiary/aromatic N) is 3. The topological polar surface area (TPSA) is 60.9 Å². The Kier molecular flexibility index (Phi) is 6.21. The summed E-state index contributed by atoms with van der Waals surface area (Å²) in [4.78, 5) is 43.1. The summed E-state index contributed by atoms with van der Waals surface area (Å²) in [5.41, 5.74) is 0.285. The minimum atomic E-state index is -4.52. The third-order valence-corrected chi connectivity index (χ3v) is 6.84. The fourth-order valence-electron chi connectivity index (χ4n) is 4.91. The van der Waals surface area contributed by atoms with E-state index in [2.05, 4.69) is 0 Å². The van der Waals surface area contributed by atoms with E-state index in [0.29, 0.717) is 18.4 Å². The molecule has 0 N–H and O–H groups in total. The molecule has 0 unspecified atom stereocenters. The summed E-state index contributed by atoms with van der Waals surface area (Å²) in [5.74, 6) is -0.655. The lowest BCUT2D eigenvalue weighted by Gasteiger charge is -2.38. The Labute approximate surface area is 201 Å². The molecule has 0 bridgehead atoms. The number of piperidine rings is 1. The van der Waals surface area contributed by atoms with E-state index in [0.717, 1.165) is 23.4 Å². The van der Waals surface area contributed by atoms with Gasteiger partial charge < -0.3 is 14.7 Å². The first-order valence-electron chi connectivity index (χ1n) is 11.2. The van der Waals surface area contributed by atoms with Crippen molar-refractivity contribution in [2.24, 2.45) is 0 Å². The van der Waals surface area contributed by atoms with Crippen molar-refractivity contribution in [2.45, 2.75) is 24.4 Å². The molecule has 2 aromatic carbocycles. The van der Waals surface area contributed by atoms with Gasteiger partial charge in [0.25, 0.3) is 5.91 Å². The quantitative estimate of drug-likeness (QED) is 0.619. The maximum Gasteiger partial charge on any atom is 0.416 e. The van der Waals surface area contributed by atoms with Gasteiger partial charge in [-0.15, -0.1) is 0 Å². The van der Waals surface area contributed by atoms with Gasteiger partial charge in [-0.1, -0.05) is 18.2 Å². The fraction of sp³-hybridized carbons (Fsp3) is 0.346. The minimum absolute atomic E-state index is 0.0799. The highest BCUT2D eigenvalue weighted by molar-refractivity contribution is 6.09. The first-order chi connectivity index (χ1) is 16.5. The Bertz CT molecular complexity index is 1210. The van der Waals surface area contributed by atoms with Crippen molar-refractivity contribution in [3.05, 3.63) is 70.8 Å². The number of hydrogen-bond acceptors (Lipinski definition) is 3. The predicted molar refractivity (Wildman–Crippen MR) is 126 cm³/mol. The van der Waals surface area contributed by atoms with Crippen LogP contribution in [0.15, 0.2) is 48.5 Å². The number of anilines is 1. The van der Waals surface area contributed by atoms with Crippen LogP contribution >= 0.6 is 0 Å². The maximum absolute atomic E-state index is 13.3. The molecule has 1 fully saturated rings. The summed E-state index contributed by atoms with van der Waals surface area (Å²) in [7, 11) is 5.02. The number of rotatable bonds is 3. The van der Waals surface area contributed by atoms with Gasteiger partial charge >= 0.3 is 6.18 Å². The number of carbonyl (C=O) groups excluding carboxylic acids is 3. The van der Waals surface area contributed by atoms with Crippen LogP contribution in [0.2, 0.25) is 0 Å². The molecular weight excluding hydrogens is 459 g/mol. The standard InChI is InChI=1S/C26H26F3N3O3/c1-30(2)23(34)18-8-10-21-20(16-18)25(24(35)31(21)3)12-14-32(15-13-25)22(33)11-9-17-6-4-5-7-19(17)26(27,28)29/h4-11,16H,12-15H2,1-3H3/b11-9+. The van der Waals surface area contributed by atoms with Crippen LogP contribution in [0.4, 0.5) is 18.9 Å². The van der Waals surface area contributed by atoms with Gasteiger partial charge in [0.05, 0.1) is 11.0 Å². The molecule has 0 aliphatic carbocycles. The molecule has 0 atom stereocenters. The first-order valence-corrected chi connectivity index (χ1v) is 11.2. The number of carbonyl (C=O) groups is 3.